The van der Waals surface area contributed by atoms with Crippen LogP contribution in [-0.2, 0) is 4.52 Å². The minimum absolute atomic E-state index is 0. The molecule has 0 aromatic carbocycles. The molecule has 0 unspecified atom stereocenters. The molecule has 0 saturated carbocycles. The van der Waals surface area contributed by atoms with Gasteiger partial charge in [-0.05, 0) is 0 Å². The smallest absolute Gasteiger partial charge is 1.00 e. The van der Waals surface area contributed by atoms with Crippen molar-refractivity contribution in [1.29, 1.82) is 0 Å². The van der Waals surface area contributed by atoms with E-state index >= 15 is 0 Å². The van der Waals surface area contributed by atoms with Gasteiger partial charge in [0.25, 0.3) is 0 Å². The normalized spacial score (nSPS) is 11.4. The number of halogens is 3. The van der Waals surface area contributed by atoms with Gasteiger partial charge in [0, 0.05) is 0 Å². The molecule has 2 N–H and O–H groups in total. The van der Waals surface area contributed by atoms with Gasteiger partial charge in [0.2, 0.25) is 0 Å². The summed E-state index contributed by atoms with van der Waals surface area (Å²) < 4.78 is 36.7. The van der Waals surface area contributed by atoms with Crippen molar-refractivity contribution in [3.8, 4) is 0 Å². The van der Waals surface area contributed by atoms with E-state index in [1.54, 1.807) is 0 Å². The Morgan fingerprint density at radius 2 is 1.80 bits per heavy atom. The molecule has 0 bridgehead atoms. The zero-order valence-corrected chi connectivity index (χ0v) is 7.99. The molecule has 0 saturated heterocycles. The van der Waals surface area contributed by atoms with E-state index < -0.39 is 21.4 Å². The van der Waals surface area contributed by atoms with Crippen LogP contribution < -0.4 is 29.6 Å². The summed E-state index contributed by atoms with van der Waals surface area (Å²) in [5, 5.41) is 0. The molecule has 8 heteroatoms. The topological polar surface area (TPSA) is 49.7 Å². The molecule has 0 aromatic rings. The van der Waals surface area contributed by atoms with Crippen LogP contribution in [0.5, 0.6) is 0 Å². The second-order valence-electron chi connectivity index (χ2n) is 1.14. The molecule has 0 rings (SSSR count). The van der Waals surface area contributed by atoms with Gasteiger partial charge in [-0.3, -0.25) is 0 Å². The molecular formula is C2H5F3NaO3P. The quantitative estimate of drug-likeness (QED) is 0.385. The first-order valence-corrected chi connectivity index (χ1v) is 2.96. The second kappa shape index (κ2) is 5.71. The summed E-state index contributed by atoms with van der Waals surface area (Å²) in [6, 6.07) is 0. The van der Waals surface area contributed by atoms with Crippen LogP contribution in [0.4, 0.5) is 13.2 Å². The van der Waals surface area contributed by atoms with E-state index in [0.29, 0.717) is 0 Å². The Morgan fingerprint density at radius 1 is 1.40 bits per heavy atom. The Kier molecular flexibility index (Phi) is 7.81. The third kappa shape index (κ3) is 11.8. The molecule has 3 nitrogen and oxygen atoms in total. The average Bonchev–Trinajstić information content (AvgIpc) is 1.59. The number of alkyl halides is 3. The van der Waals surface area contributed by atoms with Gasteiger partial charge in [-0.15, -0.1) is 0 Å². The molecule has 0 spiro atoms. The third-order valence-corrected chi connectivity index (χ3v) is 0.704. The van der Waals surface area contributed by atoms with Crippen LogP contribution in [0, 0.1) is 0 Å². The van der Waals surface area contributed by atoms with Crippen molar-refractivity contribution >= 4 is 8.60 Å². The molecule has 0 aliphatic carbocycles. The first-order valence-electron chi connectivity index (χ1n) is 1.79. The monoisotopic (exact) mass is 188 g/mol. The van der Waals surface area contributed by atoms with Gasteiger partial charge in [0.1, 0.15) is 0 Å². The molecule has 10 heavy (non-hydrogen) atoms. The van der Waals surface area contributed by atoms with Crippen LogP contribution in [0.15, 0.2) is 0 Å². The van der Waals surface area contributed by atoms with E-state index in [9.17, 15) is 13.2 Å². The average molecular weight is 188 g/mol. The van der Waals surface area contributed by atoms with Crippen LogP contribution in [0.2, 0.25) is 0 Å². The van der Waals surface area contributed by atoms with E-state index in [2.05, 4.69) is 4.52 Å². The van der Waals surface area contributed by atoms with E-state index in [4.69, 9.17) is 9.79 Å². The van der Waals surface area contributed by atoms with Crippen molar-refractivity contribution in [2.75, 3.05) is 6.61 Å². The van der Waals surface area contributed by atoms with Crippen molar-refractivity contribution in [3.05, 3.63) is 0 Å². The van der Waals surface area contributed by atoms with Gasteiger partial charge in [-0.25, -0.2) is 0 Å². The van der Waals surface area contributed by atoms with Crippen molar-refractivity contribution in [2.24, 2.45) is 0 Å². The van der Waals surface area contributed by atoms with Gasteiger partial charge in [-0.2, -0.15) is 13.2 Å². The molecule has 0 radical (unpaired) electrons. The molecule has 58 valence electrons. The Bertz CT molecular complexity index is 91.1. The number of hydrogen-bond acceptors (Lipinski definition) is 3. The summed E-state index contributed by atoms with van der Waals surface area (Å²) in [7, 11) is -2.88. The molecular weight excluding hydrogens is 183 g/mol. The van der Waals surface area contributed by atoms with Gasteiger partial charge in [0.15, 0.2) is 6.61 Å². The Labute approximate surface area is 80.0 Å². The minimum atomic E-state index is -4.49. The SMILES string of the molecule is OP(O)OCC(F)(F)F.[H-].[Na+]. The van der Waals surface area contributed by atoms with Gasteiger partial charge in [0.05, 0.1) is 0 Å². The summed E-state index contributed by atoms with van der Waals surface area (Å²) in [6.45, 7) is -1.62. The second-order valence-corrected chi connectivity index (χ2v) is 1.91. The summed E-state index contributed by atoms with van der Waals surface area (Å²) in [6.07, 6.45) is -4.49. The fraction of sp³-hybridized carbons (Fsp3) is 1.00. The summed E-state index contributed by atoms with van der Waals surface area (Å²) in [5.74, 6) is 0. The van der Waals surface area contributed by atoms with Crippen molar-refractivity contribution < 1.29 is 58.5 Å². The fourth-order valence-electron chi connectivity index (χ4n) is 0.131. The molecule has 0 aromatic heterocycles. The standard InChI is InChI=1S/C2H4F3O3P.Na.H/c3-2(4,5)1-8-9(6)7;;/h6-7H,1H2;;/q;+1;-1. The fourth-order valence-corrected chi connectivity index (χ4v) is 0.393. The summed E-state index contributed by atoms with van der Waals surface area (Å²) >= 11 is 0. The number of rotatable bonds is 2. The van der Waals surface area contributed by atoms with Crippen molar-refractivity contribution in [3.63, 3.8) is 0 Å². The van der Waals surface area contributed by atoms with Gasteiger partial charge < -0.3 is 15.7 Å². The van der Waals surface area contributed by atoms with E-state index in [-0.39, 0.29) is 31.0 Å². The molecule has 0 heterocycles. The molecule has 0 aliphatic rings. The van der Waals surface area contributed by atoms with Crippen molar-refractivity contribution in [2.45, 2.75) is 6.18 Å². The van der Waals surface area contributed by atoms with E-state index in [1.807, 2.05) is 0 Å². The zero-order chi connectivity index (χ0) is 7.49. The molecule has 0 atom stereocenters. The first kappa shape index (κ1) is 13.7. The molecule has 0 aliphatic heterocycles. The van der Waals surface area contributed by atoms with E-state index in [1.165, 1.54) is 0 Å². The van der Waals surface area contributed by atoms with Gasteiger partial charge >= 0.3 is 44.3 Å². The van der Waals surface area contributed by atoms with E-state index in [0.717, 1.165) is 0 Å². The molecule has 0 fully saturated rings. The summed E-state index contributed by atoms with van der Waals surface area (Å²) in [5.41, 5.74) is 0. The summed E-state index contributed by atoms with van der Waals surface area (Å²) in [4.78, 5) is 15.6. The minimum Gasteiger partial charge on any atom is -1.00 e. The van der Waals surface area contributed by atoms with Crippen LogP contribution in [-0.4, -0.2) is 22.6 Å². The maximum absolute atomic E-state index is 11.1. The maximum Gasteiger partial charge on any atom is 1.00 e. The van der Waals surface area contributed by atoms with Crippen LogP contribution in [0.3, 0.4) is 0 Å². The zero-order valence-electron chi connectivity index (χ0n) is 6.09. The Morgan fingerprint density at radius 3 is 1.90 bits per heavy atom. The van der Waals surface area contributed by atoms with Gasteiger partial charge in [-0.1, -0.05) is 0 Å². The molecule has 0 amide bonds. The third-order valence-electron chi connectivity index (χ3n) is 0.344. The van der Waals surface area contributed by atoms with Crippen molar-refractivity contribution in [1.82, 2.24) is 0 Å². The van der Waals surface area contributed by atoms with Crippen LogP contribution in [0.1, 0.15) is 1.43 Å². The maximum atomic E-state index is 11.1. The van der Waals surface area contributed by atoms with Crippen LogP contribution in [0.25, 0.3) is 0 Å². The largest absolute Gasteiger partial charge is 1.00 e. The Hall–Kier alpha value is 1.10. The Balaban J connectivity index is -0.000000320. The predicted octanol–water partition coefficient (Wildman–Crippen LogP) is -2.11. The van der Waals surface area contributed by atoms with Crippen LogP contribution >= 0.6 is 8.60 Å². The first-order chi connectivity index (χ1) is 3.92. The number of hydrogen-bond donors (Lipinski definition) is 2. The predicted molar refractivity (Wildman–Crippen MR) is 24.5 cm³/mol.